The predicted octanol–water partition coefficient (Wildman–Crippen LogP) is 3.80. The Hall–Kier alpha value is -1.66. The fraction of sp³-hybridized carbons (Fsp3) is 0.650. The molecular formula is C20H28FNO4. The standard InChI is InChI=1S/C20H28FNO4/c1-5-22-18(23)25-17-10-19(4)16(11-20(17,26-19)13(2)3)24-12-14-8-6-7-9-15(14)21/h6-9,13,16-17H,5,10-12H2,1-4H3,(H,22,23)/t16-,17-,19+,20-/m1/s1. The molecule has 0 saturated carbocycles. The number of ether oxygens (including phenoxy) is 3. The highest BCUT2D eigenvalue weighted by molar-refractivity contribution is 5.67. The van der Waals surface area contributed by atoms with Gasteiger partial charge in [0.1, 0.15) is 17.5 Å². The van der Waals surface area contributed by atoms with Crippen molar-refractivity contribution in [3.63, 3.8) is 0 Å². The van der Waals surface area contributed by atoms with Gasteiger partial charge in [-0.3, -0.25) is 0 Å². The zero-order valence-electron chi connectivity index (χ0n) is 15.9. The highest BCUT2D eigenvalue weighted by atomic mass is 19.1. The van der Waals surface area contributed by atoms with E-state index in [9.17, 15) is 9.18 Å². The first kappa shape index (κ1) is 19.1. The molecule has 0 spiro atoms. The third kappa shape index (κ3) is 3.32. The lowest BCUT2D eigenvalue weighted by molar-refractivity contribution is -0.108. The maximum absolute atomic E-state index is 13.9. The number of carbonyl (C=O) groups excluding carboxylic acids is 1. The van der Waals surface area contributed by atoms with Gasteiger partial charge < -0.3 is 19.5 Å². The molecule has 0 unspecified atom stereocenters. The summed E-state index contributed by atoms with van der Waals surface area (Å²) in [6.07, 6.45) is 0.302. The van der Waals surface area contributed by atoms with Crippen molar-refractivity contribution in [2.75, 3.05) is 6.54 Å². The van der Waals surface area contributed by atoms with E-state index >= 15 is 0 Å². The molecule has 2 heterocycles. The second-order valence-corrected chi connectivity index (χ2v) is 7.75. The van der Waals surface area contributed by atoms with Crippen LogP contribution in [-0.2, 0) is 20.8 Å². The SMILES string of the molecule is CCNC(=O)O[C@@H]1C[C@]2(C)O[C@@]1(C(C)C)C[C@H]2OCc1ccccc1F. The molecule has 2 fully saturated rings. The molecule has 1 aromatic rings. The summed E-state index contributed by atoms with van der Waals surface area (Å²) in [6.45, 7) is 8.70. The molecule has 0 radical (unpaired) electrons. The van der Waals surface area contributed by atoms with Crippen molar-refractivity contribution in [1.82, 2.24) is 5.32 Å². The number of carbonyl (C=O) groups is 1. The third-order valence-electron chi connectivity index (χ3n) is 5.69. The zero-order chi connectivity index (χ0) is 18.9. The quantitative estimate of drug-likeness (QED) is 0.833. The maximum Gasteiger partial charge on any atom is 0.407 e. The minimum absolute atomic E-state index is 0.158. The van der Waals surface area contributed by atoms with Crippen LogP contribution in [0.2, 0.25) is 0 Å². The van der Waals surface area contributed by atoms with Gasteiger partial charge in [0.25, 0.3) is 0 Å². The predicted molar refractivity (Wildman–Crippen MR) is 95.2 cm³/mol. The Kier molecular flexibility index (Phi) is 5.26. The monoisotopic (exact) mass is 365 g/mol. The molecule has 0 aromatic heterocycles. The van der Waals surface area contributed by atoms with Crippen LogP contribution in [0.4, 0.5) is 9.18 Å². The highest BCUT2D eigenvalue weighted by Gasteiger charge is 2.67. The van der Waals surface area contributed by atoms with Gasteiger partial charge in [-0.25, -0.2) is 9.18 Å². The van der Waals surface area contributed by atoms with Crippen LogP contribution in [0, 0.1) is 11.7 Å². The molecule has 4 atom stereocenters. The van der Waals surface area contributed by atoms with Gasteiger partial charge in [-0.2, -0.15) is 0 Å². The van der Waals surface area contributed by atoms with E-state index in [0.29, 0.717) is 24.9 Å². The van der Waals surface area contributed by atoms with Crippen LogP contribution in [0.3, 0.4) is 0 Å². The summed E-state index contributed by atoms with van der Waals surface area (Å²) in [5.74, 6) is -0.108. The van der Waals surface area contributed by atoms with Crippen molar-refractivity contribution in [3.05, 3.63) is 35.6 Å². The van der Waals surface area contributed by atoms with Crippen LogP contribution in [0.5, 0.6) is 0 Å². The molecular weight excluding hydrogens is 337 g/mol. The van der Waals surface area contributed by atoms with Gasteiger partial charge in [0.05, 0.1) is 18.3 Å². The number of halogens is 1. The van der Waals surface area contributed by atoms with Crippen molar-refractivity contribution in [3.8, 4) is 0 Å². The topological polar surface area (TPSA) is 56.8 Å². The number of alkyl carbamates (subject to hydrolysis) is 1. The van der Waals surface area contributed by atoms with E-state index in [4.69, 9.17) is 14.2 Å². The highest BCUT2D eigenvalue weighted by Crippen LogP contribution is 2.56. The van der Waals surface area contributed by atoms with E-state index in [1.54, 1.807) is 18.2 Å². The third-order valence-corrected chi connectivity index (χ3v) is 5.69. The molecule has 2 bridgehead atoms. The molecule has 1 N–H and O–H groups in total. The second-order valence-electron chi connectivity index (χ2n) is 7.75. The first-order valence-electron chi connectivity index (χ1n) is 9.30. The van der Waals surface area contributed by atoms with Crippen LogP contribution in [-0.4, -0.2) is 36.0 Å². The molecule has 6 heteroatoms. The van der Waals surface area contributed by atoms with E-state index in [1.807, 2.05) is 13.8 Å². The maximum atomic E-state index is 13.9. The summed E-state index contributed by atoms with van der Waals surface area (Å²) < 4.78 is 32.0. The van der Waals surface area contributed by atoms with Crippen molar-refractivity contribution in [1.29, 1.82) is 0 Å². The Balaban J connectivity index is 1.71. The summed E-state index contributed by atoms with van der Waals surface area (Å²) in [4.78, 5) is 11.9. The number of amides is 1. The van der Waals surface area contributed by atoms with Crippen molar-refractivity contribution in [2.45, 2.75) is 70.6 Å². The summed E-state index contributed by atoms with van der Waals surface area (Å²) in [5, 5.41) is 2.68. The van der Waals surface area contributed by atoms with Gasteiger partial charge in [-0.05, 0) is 25.8 Å². The first-order valence-corrected chi connectivity index (χ1v) is 9.30. The number of fused-ring (bicyclic) bond motifs is 2. The van der Waals surface area contributed by atoms with Gasteiger partial charge in [-0.15, -0.1) is 0 Å². The van der Waals surface area contributed by atoms with Crippen LogP contribution in [0.1, 0.15) is 46.1 Å². The van der Waals surface area contributed by atoms with E-state index in [-0.39, 0.29) is 30.5 Å². The molecule has 5 nitrogen and oxygen atoms in total. The lowest BCUT2D eigenvalue weighted by atomic mass is 9.73. The Morgan fingerprint density at radius 3 is 2.73 bits per heavy atom. The lowest BCUT2D eigenvalue weighted by Gasteiger charge is -2.37. The van der Waals surface area contributed by atoms with Crippen LogP contribution >= 0.6 is 0 Å². The minimum atomic E-state index is -0.570. The normalized spacial score (nSPS) is 32.8. The smallest absolute Gasteiger partial charge is 0.407 e. The van der Waals surface area contributed by atoms with Gasteiger partial charge in [0.2, 0.25) is 0 Å². The average Bonchev–Trinajstić information content (AvgIpc) is 3.03. The van der Waals surface area contributed by atoms with Gasteiger partial charge >= 0.3 is 6.09 Å². The minimum Gasteiger partial charge on any atom is -0.443 e. The van der Waals surface area contributed by atoms with Crippen LogP contribution < -0.4 is 5.32 Å². The Morgan fingerprint density at radius 2 is 2.08 bits per heavy atom. The summed E-state index contributed by atoms with van der Waals surface area (Å²) in [6, 6.07) is 6.62. The zero-order valence-corrected chi connectivity index (χ0v) is 15.9. The fourth-order valence-corrected chi connectivity index (χ4v) is 4.18. The molecule has 0 aliphatic carbocycles. The van der Waals surface area contributed by atoms with E-state index < -0.39 is 17.3 Å². The average molecular weight is 365 g/mol. The van der Waals surface area contributed by atoms with Crippen LogP contribution in [0.15, 0.2) is 24.3 Å². The second kappa shape index (κ2) is 7.16. The summed E-state index contributed by atoms with van der Waals surface area (Å²) in [5.41, 5.74) is -0.584. The Bertz CT molecular complexity index is 667. The van der Waals surface area contributed by atoms with Gasteiger partial charge in [0.15, 0.2) is 0 Å². The van der Waals surface area contributed by atoms with Crippen LogP contribution in [0.25, 0.3) is 0 Å². The first-order chi connectivity index (χ1) is 12.3. The van der Waals surface area contributed by atoms with Gasteiger partial charge in [-0.1, -0.05) is 32.0 Å². The number of benzene rings is 1. The van der Waals surface area contributed by atoms with Crippen molar-refractivity contribution in [2.24, 2.45) is 5.92 Å². The number of hydrogen-bond acceptors (Lipinski definition) is 4. The molecule has 1 aromatic carbocycles. The number of hydrogen-bond donors (Lipinski definition) is 1. The summed E-state index contributed by atoms with van der Waals surface area (Å²) in [7, 11) is 0. The molecule has 3 rings (SSSR count). The number of rotatable bonds is 6. The van der Waals surface area contributed by atoms with Crippen molar-refractivity contribution < 1.29 is 23.4 Å². The molecule has 1 amide bonds. The molecule has 2 aliphatic rings. The fourth-order valence-electron chi connectivity index (χ4n) is 4.18. The molecule has 2 saturated heterocycles. The van der Waals surface area contributed by atoms with Crippen molar-refractivity contribution >= 4 is 6.09 Å². The molecule has 26 heavy (non-hydrogen) atoms. The number of nitrogens with one attached hydrogen (secondary N) is 1. The molecule has 2 aliphatic heterocycles. The van der Waals surface area contributed by atoms with Gasteiger partial charge in [0, 0.05) is 24.9 Å². The van der Waals surface area contributed by atoms with E-state index in [1.165, 1.54) is 6.07 Å². The Morgan fingerprint density at radius 1 is 1.35 bits per heavy atom. The van der Waals surface area contributed by atoms with E-state index in [2.05, 4.69) is 19.2 Å². The largest absolute Gasteiger partial charge is 0.443 e. The van der Waals surface area contributed by atoms with E-state index in [0.717, 1.165) is 0 Å². The Labute approximate surface area is 154 Å². The molecule has 144 valence electrons. The lowest BCUT2D eigenvalue weighted by Crippen LogP contribution is -2.50. The summed E-state index contributed by atoms with van der Waals surface area (Å²) >= 11 is 0.